The number of unbranched alkanes of at least 4 members (excludes halogenated alkanes) is 2. The van der Waals surface area contributed by atoms with Crippen LogP contribution < -0.4 is 0 Å². The molecule has 39 heavy (non-hydrogen) atoms. The Kier molecular flexibility index (Phi) is 8.29. The Hall–Kier alpha value is -2.51. The Morgan fingerprint density at radius 3 is 2.51 bits per heavy atom. The Morgan fingerprint density at radius 1 is 1.03 bits per heavy atom. The van der Waals surface area contributed by atoms with Crippen molar-refractivity contribution in [2.45, 2.75) is 109 Å². The molecule has 6 rings (SSSR count). The van der Waals surface area contributed by atoms with Crippen LogP contribution in [0.3, 0.4) is 0 Å². The van der Waals surface area contributed by atoms with Gasteiger partial charge in [-0.15, -0.1) is 0 Å². The summed E-state index contributed by atoms with van der Waals surface area (Å²) in [6, 6.07) is 11.0. The number of rotatable bonds is 9. The maximum atomic E-state index is 12.7. The minimum atomic E-state index is -0.917. The third-order valence-electron chi connectivity index (χ3n) is 9.08. The van der Waals surface area contributed by atoms with Crippen LogP contribution >= 0.6 is 0 Å². The van der Waals surface area contributed by atoms with Crippen LogP contribution in [-0.4, -0.2) is 35.9 Å². The fraction of sp³-hybridized carbons (Fsp3) is 0.700. The van der Waals surface area contributed by atoms with Crippen molar-refractivity contribution in [3.8, 4) is 6.07 Å². The van der Waals surface area contributed by atoms with Gasteiger partial charge in [-0.05, 0) is 50.9 Å². The lowest BCUT2D eigenvalue weighted by Crippen LogP contribution is -2.70. The predicted molar refractivity (Wildman–Crippen MR) is 137 cm³/mol. The number of nitriles is 1. The van der Waals surface area contributed by atoms with Gasteiger partial charge >= 0.3 is 11.9 Å². The van der Waals surface area contributed by atoms with Gasteiger partial charge in [0.15, 0.2) is 11.9 Å². The minimum absolute atomic E-state index is 0.0673. The highest BCUT2D eigenvalue weighted by molar-refractivity contribution is 5.70. The average Bonchev–Trinajstić information content (AvgIpc) is 3.16. The van der Waals surface area contributed by atoms with Gasteiger partial charge in [0.2, 0.25) is 18.2 Å². The number of benzene rings is 1. The van der Waals surface area contributed by atoms with E-state index in [9.17, 15) is 14.9 Å². The number of hydrogen-bond acceptors (Lipinski definition) is 9. The van der Waals surface area contributed by atoms with Crippen molar-refractivity contribution in [3.63, 3.8) is 0 Å². The fourth-order valence-corrected chi connectivity index (χ4v) is 6.90. The third kappa shape index (κ3) is 5.58. The van der Waals surface area contributed by atoms with Gasteiger partial charge in [-0.2, -0.15) is 5.26 Å². The number of nitrogens with zero attached hydrogens (tertiary/aromatic N) is 1. The number of hydrogen-bond donors (Lipinski definition) is 0. The molecule has 1 aromatic carbocycles. The molecule has 0 amide bonds. The van der Waals surface area contributed by atoms with Gasteiger partial charge in [0.1, 0.15) is 6.07 Å². The summed E-state index contributed by atoms with van der Waals surface area (Å²) in [6.45, 7) is 6.19. The summed E-state index contributed by atoms with van der Waals surface area (Å²) in [5.74, 6) is -0.882. The van der Waals surface area contributed by atoms with Crippen LogP contribution in [0.4, 0.5) is 0 Å². The Balaban J connectivity index is 1.08. The average molecular weight is 542 g/mol. The lowest BCUT2D eigenvalue weighted by atomic mass is 9.58. The van der Waals surface area contributed by atoms with E-state index >= 15 is 0 Å². The van der Waals surface area contributed by atoms with E-state index in [1.165, 1.54) is 0 Å². The second kappa shape index (κ2) is 11.5. The van der Waals surface area contributed by atoms with Gasteiger partial charge < -0.3 is 18.9 Å². The van der Waals surface area contributed by atoms with E-state index in [-0.39, 0.29) is 36.6 Å². The highest BCUT2D eigenvalue weighted by atomic mass is 17.3. The standard InChI is InChI=1S/C30H39NO8/c1-19-14-15-23-20(2)27(36-28-30(23)22(19)16-17-29(3,37-28)38-39-30)35-26(33)13-9-5-8-12-25(32)34-24(18-31)21-10-6-4-7-11-21/h4,6-7,10-11,19-20,22-24,27-28H,5,8-9,12-17H2,1-3H3/t19-,20-,22?,23?,24?,27-,28-,29+,30-/m1/s1. The van der Waals surface area contributed by atoms with Gasteiger partial charge in [-0.3, -0.25) is 9.59 Å². The first-order chi connectivity index (χ1) is 18.8. The molecule has 9 atom stereocenters. The molecular weight excluding hydrogens is 502 g/mol. The number of esters is 2. The smallest absolute Gasteiger partial charge is 0.308 e. The SMILES string of the molecule is C[C@@H]1CCC2[C@@H](C)[C@H](OC(=O)CCCCCC(=O)OC(C#N)c3ccccc3)O[C@@H]3O[C@]4(C)CCC1[C@@]23OO4. The molecule has 1 aromatic rings. The Morgan fingerprint density at radius 2 is 1.77 bits per heavy atom. The van der Waals surface area contributed by atoms with Crippen molar-refractivity contribution in [2.24, 2.45) is 23.7 Å². The summed E-state index contributed by atoms with van der Waals surface area (Å²) >= 11 is 0. The van der Waals surface area contributed by atoms with Crippen molar-refractivity contribution in [1.82, 2.24) is 0 Å². The van der Waals surface area contributed by atoms with Gasteiger partial charge in [-0.1, -0.05) is 50.6 Å². The molecule has 4 heterocycles. The molecule has 9 heteroatoms. The van der Waals surface area contributed by atoms with Gasteiger partial charge in [0.05, 0.1) is 0 Å². The molecule has 2 bridgehead atoms. The summed E-state index contributed by atoms with van der Waals surface area (Å²) in [5, 5.41) is 9.32. The van der Waals surface area contributed by atoms with E-state index in [4.69, 9.17) is 28.7 Å². The van der Waals surface area contributed by atoms with Crippen molar-refractivity contribution >= 4 is 11.9 Å². The van der Waals surface area contributed by atoms with Crippen LogP contribution in [0.1, 0.15) is 90.2 Å². The van der Waals surface area contributed by atoms with Crippen LogP contribution in [-0.2, 0) is 38.3 Å². The molecule has 0 N–H and O–H groups in total. The molecule has 0 aromatic heterocycles. The predicted octanol–water partition coefficient (Wildman–Crippen LogP) is 5.50. The molecule has 9 nitrogen and oxygen atoms in total. The first kappa shape index (κ1) is 28.0. The maximum absolute atomic E-state index is 12.7. The third-order valence-corrected chi connectivity index (χ3v) is 9.08. The maximum Gasteiger partial charge on any atom is 0.308 e. The molecule has 212 valence electrons. The van der Waals surface area contributed by atoms with Crippen LogP contribution in [0, 0.1) is 35.0 Å². The zero-order valence-corrected chi connectivity index (χ0v) is 23.0. The van der Waals surface area contributed by atoms with Crippen molar-refractivity contribution in [1.29, 1.82) is 5.26 Å². The zero-order chi connectivity index (χ0) is 27.6. The van der Waals surface area contributed by atoms with Crippen LogP contribution in [0.25, 0.3) is 0 Å². The first-order valence-corrected chi connectivity index (χ1v) is 14.3. The molecule has 3 unspecified atom stereocenters. The summed E-state index contributed by atoms with van der Waals surface area (Å²) in [7, 11) is 0. The molecule has 1 aliphatic carbocycles. The number of carbonyl (C=O) groups is 2. The minimum Gasteiger partial charge on any atom is -0.442 e. The number of fused-ring (bicyclic) bond motifs is 2. The van der Waals surface area contributed by atoms with Crippen LogP contribution in [0.5, 0.6) is 0 Å². The van der Waals surface area contributed by atoms with Crippen molar-refractivity contribution in [2.75, 3.05) is 0 Å². The molecule has 1 spiro atoms. The second-order valence-electron chi connectivity index (χ2n) is 11.7. The van der Waals surface area contributed by atoms with Crippen LogP contribution in [0.2, 0.25) is 0 Å². The van der Waals surface area contributed by atoms with E-state index < -0.39 is 36.0 Å². The molecule has 4 saturated heterocycles. The van der Waals surface area contributed by atoms with Crippen LogP contribution in [0.15, 0.2) is 30.3 Å². The zero-order valence-electron chi connectivity index (χ0n) is 23.0. The normalized spacial score (nSPS) is 37.6. The topological polar surface area (TPSA) is 113 Å². The highest BCUT2D eigenvalue weighted by Gasteiger charge is 2.69. The molecule has 0 radical (unpaired) electrons. The second-order valence-corrected chi connectivity index (χ2v) is 11.7. The largest absolute Gasteiger partial charge is 0.442 e. The molecule has 1 saturated carbocycles. The Labute approximate surface area is 229 Å². The summed E-state index contributed by atoms with van der Waals surface area (Å²) in [5.41, 5.74) is -0.0370. The number of carbonyl (C=O) groups excluding carboxylic acids is 2. The van der Waals surface area contributed by atoms with E-state index in [1.54, 1.807) is 24.3 Å². The summed E-state index contributed by atoms with van der Waals surface area (Å²) < 4.78 is 23.8. The first-order valence-electron chi connectivity index (χ1n) is 14.3. The lowest BCUT2D eigenvalue weighted by Gasteiger charge is -2.59. The van der Waals surface area contributed by atoms with E-state index in [1.807, 2.05) is 19.1 Å². The van der Waals surface area contributed by atoms with E-state index in [0.717, 1.165) is 25.7 Å². The quantitative estimate of drug-likeness (QED) is 0.227. The number of ether oxygens (including phenoxy) is 4. The van der Waals surface area contributed by atoms with Gasteiger partial charge in [-0.25, -0.2) is 9.78 Å². The lowest BCUT2D eigenvalue weighted by molar-refractivity contribution is -0.576. The van der Waals surface area contributed by atoms with Crippen molar-refractivity contribution < 1.29 is 38.3 Å². The molecular formula is C30H39NO8. The van der Waals surface area contributed by atoms with Crippen molar-refractivity contribution in [3.05, 3.63) is 35.9 Å². The highest BCUT2D eigenvalue weighted by Crippen LogP contribution is 2.60. The fourth-order valence-electron chi connectivity index (χ4n) is 6.90. The van der Waals surface area contributed by atoms with E-state index in [0.29, 0.717) is 30.7 Å². The van der Waals surface area contributed by atoms with Gasteiger partial charge in [0.25, 0.3) is 0 Å². The van der Waals surface area contributed by atoms with Gasteiger partial charge in [0, 0.05) is 36.7 Å². The molecule has 5 fully saturated rings. The molecule has 5 aliphatic rings. The van der Waals surface area contributed by atoms with E-state index in [2.05, 4.69) is 13.8 Å². The monoisotopic (exact) mass is 541 g/mol. The molecule has 4 aliphatic heterocycles. The summed E-state index contributed by atoms with van der Waals surface area (Å²) in [4.78, 5) is 36.9. The Bertz CT molecular complexity index is 1070. The summed E-state index contributed by atoms with van der Waals surface area (Å²) in [6.07, 6.45) is 3.63.